The molecule has 0 saturated carbocycles. The van der Waals surface area contributed by atoms with E-state index in [-0.39, 0.29) is 19.4 Å². The summed E-state index contributed by atoms with van der Waals surface area (Å²) in [6.07, 6.45) is 55.1. The SMILES string of the molecule is CC/C=C/C=C/C=C/CCCCCCCCC(O)C(=O)NC(COC1OC(CO)C(O)C(O)C1OC(=O)CCCCCCCCCCCCC/C=C\C/C=C\CCCCC)C(O)/C=C/CCCCCCCCCCC. The first kappa shape index (κ1) is 70.1. The number of esters is 1. The van der Waals surface area contributed by atoms with Gasteiger partial charge in [0.05, 0.1) is 25.4 Å². The van der Waals surface area contributed by atoms with Crippen LogP contribution in [0.1, 0.15) is 258 Å². The molecule has 11 nitrogen and oxygen atoms in total. The first-order valence-corrected chi connectivity index (χ1v) is 30.7. The third-order valence-electron chi connectivity index (χ3n) is 14.2. The summed E-state index contributed by atoms with van der Waals surface area (Å²) in [5.74, 6) is -1.21. The molecule has 11 heteroatoms. The summed E-state index contributed by atoms with van der Waals surface area (Å²) in [6, 6.07) is -1.03. The van der Waals surface area contributed by atoms with Gasteiger partial charge < -0.3 is 45.1 Å². The Hall–Kier alpha value is -2.90. The van der Waals surface area contributed by atoms with Crippen LogP contribution in [0.2, 0.25) is 0 Å². The Morgan fingerprint density at radius 2 is 1.01 bits per heavy atom. The second kappa shape index (κ2) is 51.8. The molecule has 0 aromatic rings. The fourth-order valence-corrected chi connectivity index (χ4v) is 9.27. The predicted molar refractivity (Wildman–Crippen MR) is 310 cm³/mol. The molecule has 1 fully saturated rings. The van der Waals surface area contributed by atoms with E-state index >= 15 is 0 Å². The topological polar surface area (TPSA) is 175 Å². The lowest BCUT2D eigenvalue weighted by molar-refractivity contribution is -0.305. The fraction of sp³-hybridized carbons (Fsp3) is 0.781. The molecule has 0 radical (unpaired) electrons. The van der Waals surface area contributed by atoms with Crippen LogP contribution in [0.15, 0.2) is 72.9 Å². The molecule has 0 aromatic carbocycles. The average molecular weight is 1060 g/mol. The van der Waals surface area contributed by atoms with Crippen LogP contribution in [0.4, 0.5) is 0 Å². The summed E-state index contributed by atoms with van der Waals surface area (Å²) in [4.78, 5) is 26.5. The highest BCUT2D eigenvalue weighted by molar-refractivity contribution is 5.80. The summed E-state index contributed by atoms with van der Waals surface area (Å²) in [6.45, 7) is 5.62. The van der Waals surface area contributed by atoms with Crippen molar-refractivity contribution in [3.05, 3.63) is 72.9 Å². The normalized spacial score (nSPS) is 19.7. The largest absolute Gasteiger partial charge is 0.454 e. The number of unbranched alkanes of at least 4 members (excludes halogenated alkanes) is 29. The Morgan fingerprint density at radius 3 is 1.56 bits per heavy atom. The van der Waals surface area contributed by atoms with E-state index in [1.165, 1.54) is 122 Å². The second-order valence-corrected chi connectivity index (χ2v) is 21.1. The van der Waals surface area contributed by atoms with Crippen molar-refractivity contribution in [1.29, 1.82) is 0 Å². The first-order chi connectivity index (χ1) is 36.7. The lowest BCUT2D eigenvalue weighted by Crippen LogP contribution is -2.61. The van der Waals surface area contributed by atoms with Crippen LogP contribution < -0.4 is 5.32 Å². The number of carbonyl (C=O) groups excluding carboxylic acids is 2. The van der Waals surface area contributed by atoms with E-state index in [0.29, 0.717) is 12.8 Å². The molecule has 1 aliphatic rings. The Morgan fingerprint density at radius 1 is 0.547 bits per heavy atom. The minimum Gasteiger partial charge on any atom is -0.454 e. The summed E-state index contributed by atoms with van der Waals surface area (Å²) < 4.78 is 17.6. The van der Waals surface area contributed by atoms with Gasteiger partial charge in [-0.2, -0.15) is 0 Å². The zero-order chi connectivity index (χ0) is 54.7. The maximum absolute atomic E-state index is 13.4. The van der Waals surface area contributed by atoms with Gasteiger partial charge in [0, 0.05) is 6.42 Å². The van der Waals surface area contributed by atoms with Gasteiger partial charge in [0.25, 0.3) is 0 Å². The summed E-state index contributed by atoms with van der Waals surface area (Å²) in [5.41, 5.74) is 0. The highest BCUT2D eigenvalue weighted by Gasteiger charge is 2.47. The number of aliphatic hydroxyl groups is 5. The van der Waals surface area contributed by atoms with Crippen molar-refractivity contribution < 1.29 is 49.3 Å². The van der Waals surface area contributed by atoms with Gasteiger partial charge in [-0.1, -0.05) is 248 Å². The standard InChI is InChI=1S/C64H113NO10/c1-4-7-10-13-16-19-22-24-26-27-28-29-30-31-32-34-37-40-43-46-49-52-59(69)75-62-61(71)60(70)58(53-66)74-64(62)73-54-55(56(67)50-47-44-41-38-35-21-18-15-12-9-6-3)65-63(72)57(68)51-48-45-42-39-36-33-25-23-20-17-14-11-8-5-2/h8,11,14,16-17,19-20,23-24,26,47,50,55-58,60-62,64,66-68,70-71H,4-7,9-10,12-13,15,18,21-22,25,27-46,48-49,51-54H2,1-3H3,(H,65,72)/b11-8+,17-14+,19-16-,23-20+,26-24-,50-47+. The lowest BCUT2D eigenvalue weighted by Gasteiger charge is -2.41. The van der Waals surface area contributed by atoms with Crippen molar-refractivity contribution >= 4 is 11.9 Å². The number of ether oxygens (including phenoxy) is 3. The van der Waals surface area contributed by atoms with Gasteiger partial charge in [0.1, 0.15) is 24.4 Å². The van der Waals surface area contributed by atoms with Gasteiger partial charge in [-0.05, 0) is 77.0 Å². The Kier molecular flexibility index (Phi) is 48.5. The molecule has 0 aromatic heterocycles. The van der Waals surface area contributed by atoms with E-state index < -0.39 is 67.4 Å². The third-order valence-corrected chi connectivity index (χ3v) is 14.2. The van der Waals surface area contributed by atoms with Crippen LogP contribution in [-0.2, 0) is 23.8 Å². The van der Waals surface area contributed by atoms with Crippen LogP contribution in [-0.4, -0.2) is 99.6 Å². The minimum atomic E-state index is -1.62. The zero-order valence-corrected chi connectivity index (χ0v) is 47.9. The molecule has 0 spiro atoms. The van der Waals surface area contributed by atoms with E-state index in [1.54, 1.807) is 6.08 Å². The summed E-state index contributed by atoms with van der Waals surface area (Å²) >= 11 is 0. The molecular formula is C64H113NO10. The first-order valence-electron chi connectivity index (χ1n) is 30.7. The molecule has 6 N–H and O–H groups in total. The maximum Gasteiger partial charge on any atom is 0.306 e. The number of amides is 1. The Balaban J connectivity index is 2.65. The van der Waals surface area contributed by atoms with Crippen LogP contribution in [0, 0.1) is 0 Å². The molecule has 8 atom stereocenters. The molecule has 0 aliphatic carbocycles. The summed E-state index contributed by atoms with van der Waals surface area (Å²) in [7, 11) is 0. The van der Waals surface area contributed by atoms with Crippen molar-refractivity contribution in [2.24, 2.45) is 0 Å². The smallest absolute Gasteiger partial charge is 0.306 e. The van der Waals surface area contributed by atoms with Crippen molar-refractivity contribution in [1.82, 2.24) is 5.32 Å². The highest BCUT2D eigenvalue weighted by atomic mass is 16.7. The van der Waals surface area contributed by atoms with Crippen LogP contribution >= 0.6 is 0 Å². The van der Waals surface area contributed by atoms with Crippen LogP contribution in [0.25, 0.3) is 0 Å². The quantitative estimate of drug-likeness (QED) is 0.0149. The molecule has 1 saturated heterocycles. The van der Waals surface area contributed by atoms with Gasteiger partial charge in [-0.15, -0.1) is 0 Å². The second-order valence-electron chi connectivity index (χ2n) is 21.1. The molecule has 0 bridgehead atoms. The van der Waals surface area contributed by atoms with Gasteiger partial charge in [0.15, 0.2) is 12.4 Å². The number of allylic oxidation sites excluding steroid dienone is 11. The van der Waals surface area contributed by atoms with Crippen LogP contribution in [0.3, 0.4) is 0 Å². The molecule has 75 heavy (non-hydrogen) atoms. The number of aliphatic hydroxyl groups excluding tert-OH is 5. The fourth-order valence-electron chi connectivity index (χ4n) is 9.27. The van der Waals surface area contributed by atoms with Crippen molar-refractivity contribution in [3.8, 4) is 0 Å². The van der Waals surface area contributed by atoms with Crippen molar-refractivity contribution in [3.63, 3.8) is 0 Å². The van der Waals surface area contributed by atoms with Gasteiger partial charge in [-0.3, -0.25) is 9.59 Å². The molecule has 434 valence electrons. The Bertz CT molecular complexity index is 1490. The van der Waals surface area contributed by atoms with E-state index in [4.69, 9.17) is 14.2 Å². The highest BCUT2D eigenvalue weighted by Crippen LogP contribution is 2.26. The molecule has 1 amide bonds. The molecular weight excluding hydrogens is 943 g/mol. The number of carbonyl (C=O) groups is 2. The number of hydrogen-bond donors (Lipinski definition) is 6. The van der Waals surface area contributed by atoms with Crippen molar-refractivity contribution in [2.45, 2.75) is 307 Å². The maximum atomic E-state index is 13.4. The van der Waals surface area contributed by atoms with E-state index in [9.17, 15) is 35.1 Å². The van der Waals surface area contributed by atoms with E-state index in [1.807, 2.05) is 18.2 Å². The molecule has 1 rings (SSSR count). The van der Waals surface area contributed by atoms with Gasteiger partial charge >= 0.3 is 5.97 Å². The van der Waals surface area contributed by atoms with E-state index in [2.05, 4.69) is 74.7 Å². The van der Waals surface area contributed by atoms with Gasteiger partial charge in [-0.25, -0.2) is 0 Å². The molecule has 1 aliphatic heterocycles. The molecule has 1 heterocycles. The van der Waals surface area contributed by atoms with E-state index in [0.717, 1.165) is 89.9 Å². The summed E-state index contributed by atoms with van der Waals surface area (Å²) in [5, 5.41) is 56.9. The zero-order valence-electron chi connectivity index (χ0n) is 47.9. The predicted octanol–water partition coefficient (Wildman–Crippen LogP) is 14.4. The van der Waals surface area contributed by atoms with Gasteiger partial charge in [0.2, 0.25) is 5.91 Å². The third kappa shape index (κ3) is 40.0. The minimum absolute atomic E-state index is 0.118. The monoisotopic (exact) mass is 1060 g/mol. The average Bonchev–Trinajstić information content (AvgIpc) is 3.41. The number of hydrogen-bond acceptors (Lipinski definition) is 10. The number of nitrogens with one attached hydrogen (secondary N) is 1. The Labute approximate surface area is 458 Å². The lowest BCUT2D eigenvalue weighted by atomic mass is 9.99. The van der Waals surface area contributed by atoms with Crippen LogP contribution in [0.5, 0.6) is 0 Å². The number of rotatable bonds is 51. The van der Waals surface area contributed by atoms with Crippen molar-refractivity contribution in [2.75, 3.05) is 13.2 Å². The molecule has 8 unspecified atom stereocenters.